The number of nitrogens with two attached hydrogens (primary N) is 1. The first-order chi connectivity index (χ1) is 8.97. The quantitative estimate of drug-likeness (QED) is 0.770. The Morgan fingerprint density at radius 3 is 2.84 bits per heavy atom. The van der Waals surface area contributed by atoms with Gasteiger partial charge in [-0.05, 0) is 24.8 Å². The zero-order chi connectivity index (χ0) is 14.0. The summed E-state index contributed by atoms with van der Waals surface area (Å²) in [6.07, 6.45) is 2.01. The van der Waals surface area contributed by atoms with Crippen LogP contribution in [-0.4, -0.2) is 24.0 Å². The summed E-state index contributed by atoms with van der Waals surface area (Å²) in [5.74, 6) is -1.20. The van der Waals surface area contributed by atoms with Crippen LogP contribution in [0.25, 0.3) is 0 Å². The number of piperidine rings is 1. The zero-order valence-electron chi connectivity index (χ0n) is 10.7. The van der Waals surface area contributed by atoms with E-state index in [4.69, 9.17) is 5.73 Å². The third-order valence-corrected chi connectivity index (χ3v) is 3.26. The topological polar surface area (TPSA) is 58.4 Å². The molecule has 4 nitrogen and oxygen atoms in total. The van der Waals surface area contributed by atoms with Gasteiger partial charge in [0.25, 0.3) is 0 Å². The van der Waals surface area contributed by atoms with Gasteiger partial charge in [-0.25, -0.2) is 13.6 Å². The number of benzene rings is 1. The number of carbonyl (C=O) groups is 1. The van der Waals surface area contributed by atoms with Crippen molar-refractivity contribution >= 4 is 17.4 Å². The average molecular weight is 269 g/mol. The molecule has 1 fully saturated rings. The molecule has 1 aliphatic rings. The highest BCUT2D eigenvalue weighted by atomic mass is 19.1. The van der Waals surface area contributed by atoms with Crippen molar-refractivity contribution in [1.82, 2.24) is 4.90 Å². The van der Waals surface area contributed by atoms with Crippen LogP contribution < -0.4 is 11.1 Å². The Labute approximate surface area is 110 Å². The van der Waals surface area contributed by atoms with Gasteiger partial charge in [0.15, 0.2) is 5.82 Å². The maximum Gasteiger partial charge on any atom is 0.321 e. The number of urea groups is 1. The highest BCUT2D eigenvalue weighted by molar-refractivity contribution is 5.92. The number of amides is 2. The van der Waals surface area contributed by atoms with Gasteiger partial charge in [-0.15, -0.1) is 0 Å². The third kappa shape index (κ3) is 3.13. The summed E-state index contributed by atoms with van der Waals surface area (Å²) in [5, 5.41) is 2.42. The first-order valence-corrected chi connectivity index (χ1v) is 6.28. The summed E-state index contributed by atoms with van der Waals surface area (Å²) >= 11 is 0. The summed E-state index contributed by atoms with van der Waals surface area (Å²) in [6, 6.07) is 1.28. The van der Waals surface area contributed by atoms with E-state index in [-0.39, 0.29) is 11.4 Å². The van der Waals surface area contributed by atoms with E-state index < -0.39 is 17.7 Å². The van der Waals surface area contributed by atoms with Crippen molar-refractivity contribution in [3.05, 3.63) is 23.8 Å². The number of rotatable bonds is 1. The highest BCUT2D eigenvalue weighted by Gasteiger charge is 2.22. The lowest BCUT2D eigenvalue weighted by Gasteiger charge is -2.31. The molecule has 1 saturated heterocycles. The van der Waals surface area contributed by atoms with E-state index in [2.05, 4.69) is 12.2 Å². The minimum Gasteiger partial charge on any atom is -0.397 e. The lowest BCUT2D eigenvalue weighted by atomic mass is 10.0. The van der Waals surface area contributed by atoms with Crippen LogP contribution in [0.15, 0.2) is 12.1 Å². The second kappa shape index (κ2) is 5.42. The average Bonchev–Trinajstić information content (AvgIpc) is 2.33. The first kappa shape index (κ1) is 13.6. The van der Waals surface area contributed by atoms with Gasteiger partial charge in [-0.3, -0.25) is 0 Å². The molecule has 0 spiro atoms. The molecule has 1 aliphatic heterocycles. The minimum absolute atomic E-state index is 0.115. The number of hydrogen-bond acceptors (Lipinski definition) is 2. The molecule has 0 bridgehead atoms. The van der Waals surface area contributed by atoms with Crippen molar-refractivity contribution in [2.75, 3.05) is 24.1 Å². The summed E-state index contributed by atoms with van der Waals surface area (Å²) < 4.78 is 26.5. The lowest BCUT2D eigenvalue weighted by molar-refractivity contribution is 0.182. The first-order valence-electron chi connectivity index (χ1n) is 6.28. The molecule has 19 heavy (non-hydrogen) atoms. The van der Waals surface area contributed by atoms with Gasteiger partial charge in [0.05, 0.1) is 5.69 Å². The van der Waals surface area contributed by atoms with Crippen LogP contribution in [0.3, 0.4) is 0 Å². The number of nitrogen functional groups attached to an aromatic ring is 1. The summed E-state index contributed by atoms with van der Waals surface area (Å²) in [5.41, 5.74) is 5.24. The Hall–Kier alpha value is -1.85. The normalized spacial score (nSPS) is 19.3. The molecular weight excluding hydrogens is 252 g/mol. The van der Waals surface area contributed by atoms with Crippen LogP contribution in [0.4, 0.5) is 25.0 Å². The molecule has 104 valence electrons. The number of nitrogens with zero attached hydrogens (tertiary/aromatic N) is 1. The van der Waals surface area contributed by atoms with Crippen LogP contribution in [0.1, 0.15) is 19.8 Å². The fourth-order valence-electron chi connectivity index (χ4n) is 2.29. The maximum absolute atomic E-state index is 13.6. The van der Waals surface area contributed by atoms with Crippen molar-refractivity contribution in [3.63, 3.8) is 0 Å². The van der Waals surface area contributed by atoms with Crippen LogP contribution in [-0.2, 0) is 0 Å². The van der Waals surface area contributed by atoms with Gasteiger partial charge < -0.3 is 16.0 Å². The smallest absolute Gasteiger partial charge is 0.321 e. The molecule has 0 aliphatic carbocycles. The largest absolute Gasteiger partial charge is 0.397 e. The molecule has 6 heteroatoms. The zero-order valence-corrected chi connectivity index (χ0v) is 10.7. The number of nitrogens with one attached hydrogen (secondary N) is 1. The number of likely N-dealkylation sites (tertiary alicyclic amines) is 1. The fourth-order valence-corrected chi connectivity index (χ4v) is 2.29. The van der Waals surface area contributed by atoms with Crippen LogP contribution in [0, 0.1) is 17.6 Å². The second-order valence-electron chi connectivity index (χ2n) is 4.98. The number of halogens is 2. The molecule has 0 aromatic heterocycles. The van der Waals surface area contributed by atoms with Crippen molar-refractivity contribution in [3.8, 4) is 0 Å². The molecule has 3 N–H and O–H groups in total. The van der Waals surface area contributed by atoms with E-state index in [0.29, 0.717) is 25.1 Å². The molecule has 0 radical (unpaired) electrons. The molecular formula is C13H17F2N3O. The van der Waals surface area contributed by atoms with Crippen molar-refractivity contribution in [1.29, 1.82) is 0 Å². The van der Waals surface area contributed by atoms with Gasteiger partial charge in [0.1, 0.15) is 11.5 Å². The van der Waals surface area contributed by atoms with Gasteiger partial charge >= 0.3 is 6.03 Å². The third-order valence-electron chi connectivity index (χ3n) is 3.26. The van der Waals surface area contributed by atoms with E-state index in [0.717, 1.165) is 18.9 Å². The molecule has 2 rings (SSSR count). The summed E-state index contributed by atoms with van der Waals surface area (Å²) in [6.45, 7) is 3.33. The summed E-state index contributed by atoms with van der Waals surface area (Å²) in [4.78, 5) is 13.6. The Bertz CT molecular complexity index is 470. The van der Waals surface area contributed by atoms with Crippen molar-refractivity contribution < 1.29 is 13.6 Å². The van der Waals surface area contributed by atoms with Crippen LogP contribution in [0.2, 0.25) is 0 Å². The molecule has 1 unspecified atom stereocenters. The fraction of sp³-hybridized carbons (Fsp3) is 0.462. The van der Waals surface area contributed by atoms with Gasteiger partial charge in [-0.2, -0.15) is 0 Å². The molecule has 2 amide bonds. The molecule has 0 saturated carbocycles. The standard InChI is InChI=1S/C13H17F2N3O/c1-8-3-2-4-18(7-8)13(19)17-12-10(15)5-9(14)6-11(12)16/h5-6,8H,2-4,7,16H2,1H3,(H,17,19). The molecule has 1 heterocycles. The maximum atomic E-state index is 13.6. The Morgan fingerprint density at radius 1 is 1.47 bits per heavy atom. The minimum atomic E-state index is -0.865. The number of anilines is 2. The van der Waals surface area contributed by atoms with Gasteiger partial charge in [0.2, 0.25) is 0 Å². The van der Waals surface area contributed by atoms with E-state index in [9.17, 15) is 13.6 Å². The van der Waals surface area contributed by atoms with E-state index in [1.807, 2.05) is 0 Å². The molecule has 1 aromatic rings. The van der Waals surface area contributed by atoms with Crippen molar-refractivity contribution in [2.24, 2.45) is 5.92 Å². The predicted octanol–water partition coefficient (Wildman–Crippen LogP) is 2.81. The van der Waals surface area contributed by atoms with Gasteiger partial charge in [-0.1, -0.05) is 6.92 Å². The van der Waals surface area contributed by atoms with Crippen LogP contribution in [0.5, 0.6) is 0 Å². The summed E-state index contributed by atoms with van der Waals surface area (Å²) in [7, 11) is 0. The predicted molar refractivity (Wildman–Crippen MR) is 69.8 cm³/mol. The molecule has 1 aromatic carbocycles. The Kier molecular flexibility index (Phi) is 3.87. The van der Waals surface area contributed by atoms with E-state index in [1.165, 1.54) is 0 Å². The van der Waals surface area contributed by atoms with Gasteiger partial charge in [0, 0.05) is 19.2 Å². The second-order valence-corrected chi connectivity index (χ2v) is 4.98. The highest BCUT2D eigenvalue weighted by Crippen LogP contribution is 2.25. The number of hydrogen-bond donors (Lipinski definition) is 2. The lowest BCUT2D eigenvalue weighted by Crippen LogP contribution is -2.41. The number of carbonyl (C=O) groups excluding carboxylic acids is 1. The Morgan fingerprint density at radius 2 is 2.21 bits per heavy atom. The molecule has 1 atom stereocenters. The van der Waals surface area contributed by atoms with Crippen LogP contribution >= 0.6 is 0 Å². The van der Waals surface area contributed by atoms with Crippen molar-refractivity contribution in [2.45, 2.75) is 19.8 Å². The van der Waals surface area contributed by atoms with E-state index >= 15 is 0 Å². The van der Waals surface area contributed by atoms with E-state index in [1.54, 1.807) is 4.90 Å². The monoisotopic (exact) mass is 269 g/mol. The Balaban J connectivity index is 2.10. The SMILES string of the molecule is CC1CCCN(C(=O)Nc2c(N)cc(F)cc2F)C1.